The molecule has 0 aliphatic heterocycles. The number of aromatic nitrogens is 4. The number of anilines is 1. The molecule has 11 heteroatoms. The number of ether oxygens (including phenoxy) is 1. The summed E-state index contributed by atoms with van der Waals surface area (Å²) < 4.78 is 57.4. The molecule has 0 fully saturated rings. The summed E-state index contributed by atoms with van der Waals surface area (Å²) in [6.07, 6.45) is -4.68. The Hall–Kier alpha value is -3.34. The zero-order chi connectivity index (χ0) is 21.3. The van der Waals surface area contributed by atoms with Crippen LogP contribution in [0.25, 0.3) is 11.0 Å². The molecule has 0 aliphatic carbocycles. The molecule has 6 nitrogen and oxygen atoms in total. The number of nitrogen functional groups attached to an aromatic ring is 1. The van der Waals surface area contributed by atoms with E-state index < -0.39 is 17.8 Å². The molecule has 2 heterocycles. The van der Waals surface area contributed by atoms with Gasteiger partial charge in [-0.2, -0.15) is 13.2 Å². The first kappa shape index (κ1) is 20.0. The Morgan fingerprint density at radius 2 is 1.80 bits per heavy atom. The first-order valence-corrected chi connectivity index (χ1v) is 9.51. The number of nitrogens with zero attached hydrogens (tertiary/aromatic N) is 3. The summed E-state index contributed by atoms with van der Waals surface area (Å²) in [6, 6.07) is 12.1. The maximum absolute atomic E-state index is 13.3. The summed E-state index contributed by atoms with van der Waals surface area (Å²) in [4.78, 5) is 14.2. The fourth-order valence-corrected chi connectivity index (χ4v) is 3.40. The lowest BCUT2D eigenvalue weighted by atomic mass is 10.3. The Kier molecular flexibility index (Phi) is 5.20. The molecule has 4 rings (SSSR count). The number of benzene rings is 2. The molecule has 4 aromatic rings. The number of alkyl halides is 3. The highest BCUT2D eigenvalue weighted by Crippen LogP contribution is 2.30. The van der Waals surface area contributed by atoms with Crippen LogP contribution in [0.5, 0.6) is 11.5 Å². The van der Waals surface area contributed by atoms with Crippen molar-refractivity contribution in [3.63, 3.8) is 0 Å². The highest BCUT2D eigenvalue weighted by atomic mass is 32.2. The molecule has 2 aromatic heterocycles. The fourth-order valence-electron chi connectivity index (χ4n) is 2.62. The van der Waals surface area contributed by atoms with Gasteiger partial charge in [-0.3, -0.25) is 0 Å². The van der Waals surface area contributed by atoms with Crippen LogP contribution in [-0.4, -0.2) is 19.9 Å². The number of aromatic amines is 1. The van der Waals surface area contributed by atoms with Crippen LogP contribution < -0.4 is 10.5 Å². The van der Waals surface area contributed by atoms with Crippen LogP contribution >= 0.6 is 11.8 Å². The minimum Gasteiger partial charge on any atom is -0.457 e. The van der Waals surface area contributed by atoms with Gasteiger partial charge in [0.15, 0.2) is 0 Å². The molecule has 0 aliphatic rings. The van der Waals surface area contributed by atoms with Gasteiger partial charge in [0.1, 0.15) is 34.0 Å². The number of imidazole rings is 1. The molecular formula is C19H13F4N5OS. The van der Waals surface area contributed by atoms with E-state index in [9.17, 15) is 17.6 Å². The van der Waals surface area contributed by atoms with Crippen LogP contribution in [0.15, 0.2) is 53.6 Å². The Morgan fingerprint density at radius 1 is 1.00 bits per heavy atom. The first-order chi connectivity index (χ1) is 14.3. The summed E-state index contributed by atoms with van der Waals surface area (Å²) >= 11 is 1.04. The van der Waals surface area contributed by atoms with Crippen LogP contribution in [0.3, 0.4) is 0 Å². The average molecular weight is 435 g/mol. The molecule has 0 bridgehead atoms. The van der Waals surface area contributed by atoms with Gasteiger partial charge in [0, 0.05) is 18.2 Å². The Labute approximate surface area is 171 Å². The third kappa shape index (κ3) is 4.62. The van der Waals surface area contributed by atoms with Gasteiger partial charge in [0.05, 0.1) is 16.8 Å². The summed E-state index contributed by atoms with van der Waals surface area (Å²) in [5.41, 5.74) is 6.76. The Balaban J connectivity index is 1.50. The SMILES string of the molecule is Nc1cc(SCc2nc3cc(Oc4cccc(F)c4)ccc3[nH]2)nc(C(F)(F)F)n1. The van der Waals surface area contributed by atoms with E-state index in [4.69, 9.17) is 10.5 Å². The molecule has 2 aromatic carbocycles. The number of hydrogen-bond acceptors (Lipinski definition) is 6. The average Bonchev–Trinajstić information content (AvgIpc) is 3.07. The molecule has 0 saturated carbocycles. The summed E-state index contributed by atoms with van der Waals surface area (Å²) in [5.74, 6) is -0.366. The molecule has 30 heavy (non-hydrogen) atoms. The van der Waals surface area contributed by atoms with Crippen molar-refractivity contribution in [1.82, 2.24) is 19.9 Å². The quantitative estimate of drug-likeness (QED) is 0.255. The second-order valence-electron chi connectivity index (χ2n) is 6.16. The van der Waals surface area contributed by atoms with Gasteiger partial charge in [0.2, 0.25) is 5.82 Å². The predicted molar refractivity (Wildman–Crippen MR) is 104 cm³/mol. The number of H-pyrrole nitrogens is 1. The fraction of sp³-hybridized carbons (Fsp3) is 0.105. The monoisotopic (exact) mass is 435 g/mol. The van der Waals surface area contributed by atoms with E-state index in [1.807, 2.05) is 0 Å². The van der Waals surface area contributed by atoms with Gasteiger partial charge in [0.25, 0.3) is 0 Å². The lowest BCUT2D eigenvalue weighted by Gasteiger charge is -2.07. The zero-order valence-electron chi connectivity index (χ0n) is 15.1. The van der Waals surface area contributed by atoms with E-state index in [1.165, 1.54) is 24.3 Å². The molecule has 0 radical (unpaired) electrons. The summed E-state index contributed by atoms with van der Waals surface area (Å²) in [6.45, 7) is 0. The number of rotatable bonds is 5. The van der Waals surface area contributed by atoms with Gasteiger partial charge in [-0.1, -0.05) is 17.8 Å². The van der Waals surface area contributed by atoms with Crippen molar-refractivity contribution in [2.45, 2.75) is 17.0 Å². The highest BCUT2D eigenvalue weighted by molar-refractivity contribution is 7.98. The summed E-state index contributed by atoms with van der Waals surface area (Å²) in [7, 11) is 0. The lowest BCUT2D eigenvalue weighted by molar-refractivity contribution is -0.145. The largest absolute Gasteiger partial charge is 0.457 e. The Bertz CT molecular complexity index is 1210. The standard InChI is InChI=1S/C19H13F4N5OS/c20-10-2-1-3-11(6-10)29-12-4-5-13-14(7-12)26-16(25-13)9-30-17-8-15(24)27-18(28-17)19(21,22)23/h1-8H,9H2,(H,25,26)(H2,24,27,28). The minimum absolute atomic E-state index is 0.0883. The van der Waals surface area contributed by atoms with Crippen LogP contribution in [0.1, 0.15) is 11.6 Å². The van der Waals surface area contributed by atoms with Crippen molar-refractivity contribution in [2.24, 2.45) is 0 Å². The second-order valence-corrected chi connectivity index (χ2v) is 7.16. The molecular weight excluding hydrogens is 422 g/mol. The molecule has 0 unspecified atom stereocenters. The lowest BCUT2D eigenvalue weighted by Crippen LogP contribution is -2.12. The van der Waals surface area contributed by atoms with E-state index >= 15 is 0 Å². The first-order valence-electron chi connectivity index (χ1n) is 8.53. The van der Waals surface area contributed by atoms with Gasteiger partial charge in [-0.15, -0.1) is 0 Å². The number of hydrogen-bond donors (Lipinski definition) is 2. The normalized spacial score (nSPS) is 11.7. The minimum atomic E-state index is -4.68. The topological polar surface area (TPSA) is 89.7 Å². The molecule has 154 valence electrons. The van der Waals surface area contributed by atoms with E-state index in [0.717, 1.165) is 17.3 Å². The Morgan fingerprint density at radius 3 is 2.57 bits per heavy atom. The van der Waals surface area contributed by atoms with E-state index in [-0.39, 0.29) is 16.6 Å². The maximum Gasteiger partial charge on any atom is 0.451 e. The highest BCUT2D eigenvalue weighted by Gasteiger charge is 2.35. The smallest absolute Gasteiger partial charge is 0.451 e. The van der Waals surface area contributed by atoms with E-state index in [0.29, 0.717) is 22.8 Å². The number of nitrogens with two attached hydrogens (primary N) is 1. The van der Waals surface area contributed by atoms with Crippen molar-refractivity contribution < 1.29 is 22.3 Å². The van der Waals surface area contributed by atoms with Crippen LogP contribution in [0.4, 0.5) is 23.4 Å². The van der Waals surface area contributed by atoms with Gasteiger partial charge < -0.3 is 15.5 Å². The van der Waals surface area contributed by atoms with E-state index in [2.05, 4.69) is 19.9 Å². The van der Waals surface area contributed by atoms with Crippen molar-refractivity contribution in [3.8, 4) is 11.5 Å². The molecule has 0 saturated heterocycles. The third-order valence-corrected chi connectivity index (χ3v) is 4.79. The van der Waals surface area contributed by atoms with Crippen LogP contribution in [0.2, 0.25) is 0 Å². The summed E-state index contributed by atoms with van der Waals surface area (Å²) in [5, 5.41) is 0.0883. The molecule has 3 N–H and O–H groups in total. The van der Waals surface area contributed by atoms with Crippen LogP contribution in [0, 0.1) is 5.82 Å². The van der Waals surface area contributed by atoms with Crippen LogP contribution in [-0.2, 0) is 11.9 Å². The molecule has 0 spiro atoms. The second kappa shape index (κ2) is 7.82. The molecule has 0 atom stereocenters. The van der Waals surface area contributed by atoms with Gasteiger partial charge in [-0.05, 0) is 24.3 Å². The van der Waals surface area contributed by atoms with Gasteiger partial charge >= 0.3 is 6.18 Å². The van der Waals surface area contributed by atoms with Crippen molar-refractivity contribution in [1.29, 1.82) is 0 Å². The number of halogens is 4. The number of nitrogens with one attached hydrogen (secondary N) is 1. The molecule has 0 amide bonds. The predicted octanol–water partition coefficient (Wildman–Crippen LogP) is 5.18. The van der Waals surface area contributed by atoms with Crippen molar-refractivity contribution in [2.75, 3.05) is 5.73 Å². The zero-order valence-corrected chi connectivity index (χ0v) is 15.9. The van der Waals surface area contributed by atoms with Gasteiger partial charge in [-0.25, -0.2) is 19.3 Å². The van der Waals surface area contributed by atoms with Crippen molar-refractivity contribution in [3.05, 3.63) is 66.0 Å². The van der Waals surface area contributed by atoms with Crippen molar-refractivity contribution >= 4 is 28.6 Å². The number of fused-ring (bicyclic) bond motifs is 1. The maximum atomic E-state index is 13.3. The third-order valence-electron chi connectivity index (χ3n) is 3.87. The number of thioether (sulfide) groups is 1. The van der Waals surface area contributed by atoms with E-state index in [1.54, 1.807) is 24.3 Å².